The largest absolute Gasteiger partial charge is 0.321 e. The summed E-state index contributed by atoms with van der Waals surface area (Å²) in [6, 6.07) is 7.49. The SMILES string of the molecule is CCNn1c(SCc2nccs2)ncc(Cc2ccc(Cl)cc2)c1=O.Cl. The molecule has 9 heteroatoms. The number of nitrogens with zero attached hydrogens (tertiary/aromatic N) is 3. The van der Waals surface area contributed by atoms with Crippen molar-refractivity contribution in [3.05, 3.63) is 73.6 Å². The third kappa shape index (κ3) is 5.23. The maximum atomic E-state index is 12.8. The van der Waals surface area contributed by atoms with Crippen LogP contribution in [0.3, 0.4) is 0 Å². The molecule has 1 aromatic carbocycles. The molecule has 0 aliphatic rings. The first-order valence-corrected chi connectivity index (χ1v) is 10.0. The summed E-state index contributed by atoms with van der Waals surface area (Å²) >= 11 is 9.00. The molecule has 138 valence electrons. The van der Waals surface area contributed by atoms with Gasteiger partial charge in [-0.3, -0.25) is 4.79 Å². The quantitative estimate of drug-likeness (QED) is 0.450. The monoisotopic (exact) mass is 428 g/mol. The van der Waals surface area contributed by atoms with Crippen LogP contribution in [0.1, 0.15) is 23.1 Å². The molecule has 0 aliphatic carbocycles. The van der Waals surface area contributed by atoms with Crippen LogP contribution in [0.2, 0.25) is 5.02 Å². The van der Waals surface area contributed by atoms with Crippen molar-refractivity contribution in [3.63, 3.8) is 0 Å². The van der Waals surface area contributed by atoms with Crippen LogP contribution >= 0.6 is 47.1 Å². The molecule has 0 unspecified atom stereocenters. The Hall–Kier alpha value is -1.54. The van der Waals surface area contributed by atoms with Gasteiger partial charge in [-0.25, -0.2) is 9.97 Å². The lowest BCUT2D eigenvalue weighted by Gasteiger charge is -2.13. The van der Waals surface area contributed by atoms with Gasteiger partial charge < -0.3 is 5.43 Å². The van der Waals surface area contributed by atoms with E-state index in [0.29, 0.717) is 34.5 Å². The van der Waals surface area contributed by atoms with E-state index in [0.717, 1.165) is 10.6 Å². The second-order valence-electron chi connectivity index (χ2n) is 5.24. The Balaban J connectivity index is 0.00000243. The predicted octanol–water partition coefficient (Wildman–Crippen LogP) is 4.22. The molecule has 3 rings (SSSR count). The number of nitrogens with one attached hydrogen (secondary N) is 1. The molecule has 1 N–H and O–H groups in total. The number of rotatable bonds is 7. The van der Waals surface area contributed by atoms with Gasteiger partial charge in [-0.1, -0.05) is 35.5 Å². The fraction of sp³-hybridized carbons (Fsp3) is 0.235. The standard InChI is InChI=1S/C17H17ClN4OS2.ClH/c1-2-21-22-16(23)13(9-12-3-5-14(18)6-4-12)10-20-17(22)25-11-15-19-7-8-24-15;/h3-8,10,21H,2,9,11H2,1H3;1H. The lowest BCUT2D eigenvalue weighted by atomic mass is 10.1. The van der Waals surface area contributed by atoms with Crippen molar-refractivity contribution < 1.29 is 0 Å². The summed E-state index contributed by atoms with van der Waals surface area (Å²) in [7, 11) is 0. The minimum absolute atomic E-state index is 0. The van der Waals surface area contributed by atoms with Crippen LogP contribution in [0, 0.1) is 0 Å². The maximum Gasteiger partial charge on any atom is 0.276 e. The van der Waals surface area contributed by atoms with E-state index < -0.39 is 0 Å². The first-order valence-electron chi connectivity index (χ1n) is 7.77. The highest BCUT2D eigenvalue weighted by molar-refractivity contribution is 7.98. The smallest absolute Gasteiger partial charge is 0.276 e. The van der Waals surface area contributed by atoms with E-state index in [-0.39, 0.29) is 18.0 Å². The fourth-order valence-electron chi connectivity index (χ4n) is 2.27. The zero-order chi connectivity index (χ0) is 17.6. The third-order valence-electron chi connectivity index (χ3n) is 3.43. The van der Waals surface area contributed by atoms with Crippen molar-refractivity contribution in [3.8, 4) is 0 Å². The number of hydrogen-bond acceptors (Lipinski definition) is 6. The summed E-state index contributed by atoms with van der Waals surface area (Å²) in [4.78, 5) is 21.6. The summed E-state index contributed by atoms with van der Waals surface area (Å²) in [5, 5.41) is 4.27. The van der Waals surface area contributed by atoms with Gasteiger partial charge in [0.05, 0.1) is 5.75 Å². The highest BCUT2D eigenvalue weighted by atomic mass is 35.5. The molecule has 26 heavy (non-hydrogen) atoms. The molecule has 0 atom stereocenters. The van der Waals surface area contributed by atoms with Crippen molar-refractivity contribution in [1.82, 2.24) is 14.6 Å². The van der Waals surface area contributed by atoms with E-state index in [2.05, 4.69) is 15.4 Å². The number of thioether (sulfide) groups is 1. The Morgan fingerprint density at radius 2 is 2.04 bits per heavy atom. The molecule has 0 saturated carbocycles. The summed E-state index contributed by atoms with van der Waals surface area (Å²) < 4.78 is 1.53. The normalized spacial score (nSPS) is 10.4. The molecule has 5 nitrogen and oxygen atoms in total. The average Bonchev–Trinajstić information content (AvgIpc) is 3.13. The van der Waals surface area contributed by atoms with Crippen LogP contribution in [0.25, 0.3) is 0 Å². The van der Waals surface area contributed by atoms with E-state index in [4.69, 9.17) is 11.6 Å². The van der Waals surface area contributed by atoms with Gasteiger partial charge in [-0.05, 0) is 24.6 Å². The molecule has 0 spiro atoms. The molecular formula is C17H18Cl2N4OS2. The zero-order valence-electron chi connectivity index (χ0n) is 14.0. The molecule has 0 amide bonds. The highest BCUT2D eigenvalue weighted by Crippen LogP contribution is 2.21. The Morgan fingerprint density at radius 1 is 1.27 bits per heavy atom. The van der Waals surface area contributed by atoms with Gasteiger partial charge in [0.1, 0.15) is 5.01 Å². The Morgan fingerprint density at radius 3 is 2.69 bits per heavy atom. The molecule has 3 aromatic rings. The second-order valence-corrected chi connectivity index (χ2v) is 7.59. The van der Waals surface area contributed by atoms with Gasteiger partial charge in [-0.15, -0.1) is 23.7 Å². The average molecular weight is 429 g/mol. The van der Waals surface area contributed by atoms with Crippen LogP contribution in [-0.2, 0) is 12.2 Å². The number of hydrogen-bond donors (Lipinski definition) is 1. The molecule has 0 radical (unpaired) electrons. The van der Waals surface area contributed by atoms with Crippen molar-refractivity contribution >= 4 is 47.1 Å². The maximum absolute atomic E-state index is 12.8. The van der Waals surface area contributed by atoms with E-state index >= 15 is 0 Å². The van der Waals surface area contributed by atoms with Crippen molar-refractivity contribution in [1.29, 1.82) is 0 Å². The zero-order valence-corrected chi connectivity index (χ0v) is 17.2. The minimum atomic E-state index is -0.0755. The lowest BCUT2D eigenvalue weighted by Crippen LogP contribution is -2.33. The van der Waals surface area contributed by atoms with Crippen LogP contribution in [0.4, 0.5) is 0 Å². The van der Waals surface area contributed by atoms with Crippen LogP contribution in [-0.4, -0.2) is 21.2 Å². The number of halogens is 2. The van der Waals surface area contributed by atoms with Gasteiger partial charge in [0.15, 0.2) is 5.16 Å². The Kier molecular flexibility index (Phi) is 7.96. The summed E-state index contributed by atoms with van der Waals surface area (Å²) in [6.45, 7) is 2.59. The van der Waals surface area contributed by atoms with E-state index in [1.807, 2.05) is 36.6 Å². The Bertz CT molecular complexity index is 883. The third-order valence-corrected chi connectivity index (χ3v) is 5.61. The highest BCUT2D eigenvalue weighted by Gasteiger charge is 2.12. The van der Waals surface area contributed by atoms with Crippen LogP contribution in [0.15, 0.2) is 52.0 Å². The van der Waals surface area contributed by atoms with Gasteiger partial charge in [0, 0.05) is 41.3 Å². The number of benzene rings is 1. The van der Waals surface area contributed by atoms with E-state index in [9.17, 15) is 4.79 Å². The van der Waals surface area contributed by atoms with Gasteiger partial charge in [0.25, 0.3) is 5.56 Å². The Labute approximate surface area is 171 Å². The fourth-order valence-corrected chi connectivity index (χ4v) is 3.98. The summed E-state index contributed by atoms with van der Waals surface area (Å²) in [5.41, 5.74) is 4.68. The molecular weight excluding hydrogens is 411 g/mol. The molecule has 0 fully saturated rings. The van der Waals surface area contributed by atoms with Crippen molar-refractivity contribution in [2.75, 3.05) is 12.0 Å². The summed E-state index contributed by atoms with van der Waals surface area (Å²) in [5.74, 6) is 0.687. The first-order chi connectivity index (χ1) is 12.2. The van der Waals surface area contributed by atoms with Gasteiger partial charge >= 0.3 is 0 Å². The predicted molar refractivity (Wildman–Crippen MR) is 112 cm³/mol. The molecule has 2 aromatic heterocycles. The molecule has 0 bridgehead atoms. The lowest BCUT2D eigenvalue weighted by molar-refractivity contribution is 0.685. The van der Waals surface area contributed by atoms with Crippen LogP contribution in [0.5, 0.6) is 0 Å². The second kappa shape index (κ2) is 9.97. The van der Waals surface area contributed by atoms with Gasteiger partial charge in [-0.2, -0.15) is 4.68 Å². The van der Waals surface area contributed by atoms with Crippen LogP contribution < -0.4 is 11.0 Å². The number of aromatic nitrogens is 3. The van der Waals surface area contributed by atoms with E-state index in [1.165, 1.54) is 16.4 Å². The van der Waals surface area contributed by atoms with Gasteiger partial charge in [0.2, 0.25) is 0 Å². The molecule has 0 aliphatic heterocycles. The number of thiazole rings is 1. The minimum Gasteiger partial charge on any atom is -0.321 e. The molecule has 0 saturated heterocycles. The topological polar surface area (TPSA) is 59.8 Å². The van der Waals surface area contributed by atoms with Crippen molar-refractivity contribution in [2.24, 2.45) is 0 Å². The van der Waals surface area contributed by atoms with Crippen molar-refractivity contribution in [2.45, 2.75) is 24.3 Å². The molecule has 2 heterocycles. The van der Waals surface area contributed by atoms with E-state index in [1.54, 1.807) is 23.7 Å². The first kappa shape index (κ1) is 20.8. The summed E-state index contributed by atoms with van der Waals surface area (Å²) in [6.07, 6.45) is 3.96.